The third-order valence-electron chi connectivity index (χ3n) is 4.70. The monoisotopic (exact) mass is 331 g/mol. The van der Waals surface area contributed by atoms with Crippen LogP contribution < -0.4 is 4.74 Å². The van der Waals surface area contributed by atoms with Crippen molar-refractivity contribution >= 4 is 11.3 Å². The molecule has 5 nitrogen and oxygen atoms in total. The summed E-state index contributed by atoms with van der Waals surface area (Å²) in [5.74, 6) is 0.821. The van der Waals surface area contributed by atoms with E-state index in [1.807, 2.05) is 17.6 Å². The van der Waals surface area contributed by atoms with Crippen LogP contribution in [-0.2, 0) is 11.3 Å². The van der Waals surface area contributed by atoms with Crippen molar-refractivity contribution in [2.24, 2.45) is 0 Å². The molecule has 0 spiro atoms. The SMILES string of the molecule is Cc1ncsc1CN1C[C@@H](Oc2cccnc2)[C@H]2OCCC[C@H]21. The Morgan fingerprint density at radius 3 is 3.22 bits per heavy atom. The van der Waals surface area contributed by atoms with Crippen LogP contribution in [0.15, 0.2) is 30.0 Å². The zero-order valence-corrected chi connectivity index (χ0v) is 14.0. The van der Waals surface area contributed by atoms with Crippen LogP contribution in [0.5, 0.6) is 5.75 Å². The number of ether oxygens (including phenoxy) is 2. The van der Waals surface area contributed by atoms with Crippen molar-refractivity contribution in [3.05, 3.63) is 40.6 Å². The zero-order chi connectivity index (χ0) is 15.6. The van der Waals surface area contributed by atoms with Gasteiger partial charge >= 0.3 is 0 Å². The van der Waals surface area contributed by atoms with Gasteiger partial charge in [-0.2, -0.15) is 0 Å². The average molecular weight is 331 g/mol. The van der Waals surface area contributed by atoms with Crippen LogP contribution in [-0.4, -0.2) is 46.3 Å². The Balaban J connectivity index is 1.51. The summed E-state index contributed by atoms with van der Waals surface area (Å²) in [6.07, 6.45) is 6.05. The maximum Gasteiger partial charge on any atom is 0.139 e. The average Bonchev–Trinajstić information content (AvgIpc) is 3.14. The first-order valence-corrected chi connectivity index (χ1v) is 9.00. The molecular formula is C17H21N3O2S. The van der Waals surface area contributed by atoms with Crippen LogP contribution in [0.1, 0.15) is 23.4 Å². The Bertz CT molecular complexity index is 648. The van der Waals surface area contributed by atoms with Crippen molar-refractivity contribution in [3.63, 3.8) is 0 Å². The van der Waals surface area contributed by atoms with Gasteiger partial charge in [0.15, 0.2) is 0 Å². The van der Waals surface area contributed by atoms with Crippen LogP contribution in [0, 0.1) is 6.92 Å². The molecule has 2 aromatic heterocycles. The Morgan fingerprint density at radius 2 is 2.43 bits per heavy atom. The minimum absolute atomic E-state index is 0.0673. The van der Waals surface area contributed by atoms with Gasteiger partial charge in [-0.3, -0.25) is 9.88 Å². The number of aryl methyl sites for hydroxylation is 1. The van der Waals surface area contributed by atoms with E-state index in [9.17, 15) is 0 Å². The highest BCUT2D eigenvalue weighted by Gasteiger charge is 2.45. The summed E-state index contributed by atoms with van der Waals surface area (Å²) in [6, 6.07) is 4.30. The number of pyridine rings is 1. The molecular weight excluding hydrogens is 310 g/mol. The highest BCUT2D eigenvalue weighted by molar-refractivity contribution is 7.09. The van der Waals surface area contributed by atoms with Crippen molar-refractivity contribution in [1.82, 2.24) is 14.9 Å². The third-order valence-corrected chi connectivity index (χ3v) is 5.62. The van der Waals surface area contributed by atoms with E-state index in [0.29, 0.717) is 6.04 Å². The predicted molar refractivity (Wildman–Crippen MR) is 88.7 cm³/mol. The largest absolute Gasteiger partial charge is 0.485 e. The first kappa shape index (κ1) is 15.1. The van der Waals surface area contributed by atoms with Crippen LogP contribution in [0.2, 0.25) is 0 Å². The second-order valence-corrected chi connectivity index (χ2v) is 7.12. The van der Waals surface area contributed by atoms with Crippen molar-refractivity contribution in [3.8, 4) is 5.75 Å². The van der Waals surface area contributed by atoms with E-state index in [2.05, 4.69) is 21.8 Å². The molecule has 2 aliphatic rings. The first-order chi connectivity index (χ1) is 11.3. The molecule has 4 rings (SSSR count). The molecule has 6 heteroatoms. The Morgan fingerprint density at radius 1 is 1.48 bits per heavy atom. The summed E-state index contributed by atoms with van der Waals surface area (Å²) in [5.41, 5.74) is 3.07. The molecule has 23 heavy (non-hydrogen) atoms. The second kappa shape index (κ2) is 6.55. The summed E-state index contributed by atoms with van der Waals surface area (Å²) in [6.45, 7) is 4.75. The van der Waals surface area contributed by atoms with Crippen LogP contribution in [0.3, 0.4) is 0 Å². The van der Waals surface area contributed by atoms with Crippen molar-refractivity contribution in [2.75, 3.05) is 13.2 Å². The molecule has 2 saturated heterocycles. The smallest absolute Gasteiger partial charge is 0.139 e. The van der Waals surface area contributed by atoms with Gasteiger partial charge in [0.25, 0.3) is 0 Å². The summed E-state index contributed by atoms with van der Waals surface area (Å²) in [5, 5.41) is 0. The van der Waals surface area contributed by atoms with E-state index < -0.39 is 0 Å². The number of thiazole rings is 1. The van der Waals surface area contributed by atoms with E-state index in [0.717, 1.165) is 37.6 Å². The Hall–Kier alpha value is -1.50. The maximum absolute atomic E-state index is 6.18. The highest BCUT2D eigenvalue weighted by Crippen LogP contribution is 2.33. The molecule has 0 radical (unpaired) electrons. The fourth-order valence-corrected chi connectivity index (χ4v) is 4.34. The summed E-state index contributed by atoms with van der Waals surface area (Å²) < 4.78 is 12.3. The zero-order valence-electron chi connectivity index (χ0n) is 13.2. The molecule has 0 N–H and O–H groups in total. The second-order valence-electron chi connectivity index (χ2n) is 6.18. The lowest BCUT2D eigenvalue weighted by atomic mass is 10.0. The Labute approximate surface area is 140 Å². The predicted octanol–water partition coefficient (Wildman–Crippen LogP) is 2.66. The van der Waals surface area contributed by atoms with Gasteiger partial charge in [0, 0.05) is 36.8 Å². The van der Waals surface area contributed by atoms with Gasteiger partial charge < -0.3 is 9.47 Å². The number of rotatable bonds is 4. The van der Waals surface area contributed by atoms with Gasteiger partial charge in [0.05, 0.1) is 17.4 Å². The molecule has 2 fully saturated rings. The number of likely N-dealkylation sites (tertiary alicyclic amines) is 1. The minimum atomic E-state index is 0.0673. The van der Waals surface area contributed by atoms with Gasteiger partial charge in [-0.25, -0.2) is 4.98 Å². The minimum Gasteiger partial charge on any atom is -0.485 e. The lowest BCUT2D eigenvalue weighted by Crippen LogP contribution is -2.42. The molecule has 0 saturated carbocycles. The van der Waals surface area contributed by atoms with Gasteiger partial charge in [-0.05, 0) is 31.9 Å². The number of hydrogen-bond donors (Lipinski definition) is 0. The normalized spacial score (nSPS) is 27.8. The number of nitrogens with zero attached hydrogens (tertiary/aromatic N) is 3. The summed E-state index contributed by atoms with van der Waals surface area (Å²) in [4.78, 5) is 12.4. The molecule has 0 bridgehead atoms. The molecule has 3 atom stereocenters. The van der Waals surface area contributed by atoms with Gasteiger partial charge in [-0.15, -0.1) is 11.3 Å². The third kappa shape index (κ3) is 3.11. The van der Waals surface area contributed by atoms with Gasteiger partial charge in [0.2, 0.25) is 0 Å². The van der Waals surface area contributed by atoms with Gasteiger partial charge in [-0.1, -0.05) is 0 Å². The van der Waals surface area contributed by atoms with E-state index in [-0.39, 0.29) is 12.2 Å². The molecule has 2 aliphatic heterocycles. The fourth-order valence-electron chi connectivity index (χ4n) is 3.54. The molecule has 0 aromatic carbocycles. The summed E-state index contributed by atoms with van der Waals surface area (Å²) >= 11 is 1.74. The summed E-state index contributed by atoms with van der Waals surface area (Å²) in [7, 11) is 0. The number of hydrogen-bond acceptors (Lipinski definition) is 6. The molecule has 2 aromatic rings. The fraction of sp³-hybridized carbons (Fsp3) is 0.529. The van der Waals surface area contributed by atoms with Crippen LogP contribution in [0.4, 0.5) is 0 Å². The van der Waals surface area contributed by atoms with E-state index in [1.165, 1.54) is 11.3 Å². The number of aromatic nitrogens is 2. The van der Waals surface area contributed by atoms with Crippen molar-refractivity contribution < 1.29 is 9.47 Å². The van der Waals surface area contributed by atoms with E-state index >= 15 is 0 Å². The topological polar surface area (TPSA) is 47.5 Å². The molecule has 0 unspecified atom stereocenters. The van der Waals surface area contributed by atoms with E-state index in [4.69, 9.17) is 9.47 Å². The molecule has 0 amide bonds. The van der Waals surface area contributed by atoms with Gasteiger partial charge in [0.1, 0.15) is 18.0 Å². The molecule has 122 valence electrons. The maximum atomic E-state index is 6.18. The quantitative estimate of drug-likeness (QED) is 0.862. The highest BCUT2D eigenvalue weighted by atomic mass is 32.1. The van der Waals surface area contributed by atoms with Crippen LogP contribution in [0.25, 0.3) is 0 Å². The number of fused-ring (bicyclic) bond motifs is 1. The Kier molecular flexibility index (Phi) is 4.29. The van der Waals surface area contributed by atoms with Crippen molar-refractivity contribution in [2.45, 2.75) is 44.6 Å². The van der Waals surface area contributed by atoms with E-state index in [1.54, 1.807) is 23.7 Å². The lowest BCUT2D eigenvalue weighted by Gasteiger charge is -2.32. The van der Waals surface area contributed by atoms with Crippen LogP contribution >= 0.6 is 11.3 Å². The van der Waals surface area contributed by atoms with Crippen molar-refractivity contribution in [1.29, 1.82) is 0 Å². The molecule has 0 aliphatic carbocycles. The lowest BCUT2D eigenvalue weighted by molar-refractivity contribution is -0.0471. The standard InChI is InChI=1S/C17H21N3O2S/c1-12-16(23-11-19-12)10-20-9-15(17-14(20)5-3-7-21-17)22-13-4-2-6-18-8-13/h2,4,6,8,11,14-15,17H,3,5,7,9-10H2,1H3/t14-,15-,17+/m1/s1. The first-order valence-electron chi connectivity index (χ1n) is 8.12. The molecule has 4 heterocycles.